The predicted molar refractivity (Wildman–Crippen MR) is 120 cm³/mol. The third kappa shape index (κ3) is 6.39. The molecule has 0 aromatic heterocycles. The fourth-order valence-corrected chi connectivity index (χ4v) is 5.22. The van der Waals surface area contributed by atoms with Crippen LogP contribution in [0.2, 0.25) is 0 Å². The lowest BCUT2D eigenvalue weighted by atomic mass is 9.97. The molecular weight excluding hydrogens is 398 g/mol. The van der Waals surface area contributed by atoms with Crippen molar-refractivity contribution in [3.8, 4) is 0 Å². The molecule has 3 rings (SSSR count). The topological polar surface area (TPSA) is 78.5 Å². The molecule has 2 N–H and O–H groups in total. The van der Waals surface area contributed by atoms with E-state index in [0.29, 0.717) is 23.7 Å². The second-order valence-corrected chi connectivity index (χ2v) is 9.77. The Morgan fingerprint density at radius 2 is 1.80 bits per heavy atom. The van der Waals surface area contributed by atoms with Gasteiger partial charge in [-0.05, 0) is 74.5 Å². The Morgan fingerprint density at radius 1 is 1.10 bits per heavy atom. The fourth-order valence-electron chi connectivity index (χ4n) is 3.88. The van der Waals surface area contributed by atoms with Crippen LogP contribution in [0.1, 0.15) is 30.9 Å². The molecule has 2 aromatic carbocycles. The highest BCUT2D eigenvalue weighted by atomic mass is 32.2. The number of sulfonamides is 1. The highest BCUT2D eigenvalue weighted by molar-refractivity contribution is 7.89. The van der Waals surface area contributed by atoms with Crippen molar-refractivity contribution in [1.29, 1.82) is 0 Å². The van der Waals surface area contributed by atoms with Gasteiger partial charge in [-0.1, -0.05) is 30.3 Å². The van der Waals surface area contributed by atoms with E-state index in [1.54, 1.807) is 25.1 Å². The van der Waals surface area contributed by atoms with Crippen LogP contribution < -0.4 is 10.0 Å². The van der Waals surface area contributed by atoms with Gasteiger partial charge in [0.05, 0.1) is 4.90 Å². The Labute approximate surface area is 179 Å². The number of amides is 1. The van der Waals surface area contributed by atoms with Crippen LogP contribution in [0, 0.1) is 12.8 Å². The van der Waals surface area contributed by atoms with E-state index in [1.807, 2.05) is 6.07 Å². The molecule has 162 valence electrons. The van der Waals surface area contributed by atoms with Crippen LogP contribution in [0.15, 0.2) is 53.4 Å². The van der Waals surface area contributed by atoms with Crippen LogP contribution >= 0.6 is 0 Å². The van der Waals surface area contributed by atoms with E-state index in [0.717, 1.165) is 38.9 Å². The van der Waals surface area contributed by atoms with Gasteiger partial charge in [0, 0.05) is 25.7 Å². The molecule has 0 unspecified atom stereocenters. The maximum atomic E-state index is 12.7. The number of carbonyl (C=O) groups is 1. The van der Waals surface area contributed by atoms with Gasteiger partial charge in [-0.2, -0.15) is 0 Å². The minimum Gasteiger partial charge on any atom is -0.326 e. The minimum absolute atomic E-state index is 0.182. The highest BCUT2D eigenvalue weighted by Crippen LogP contribution is 2.21. The van der Waals surface area contributed by atoms with E-state index in [4.69, 9.17) is 0 Å². The van der Waals surface area contributed by atoms with Gasteiger partial charge in [0.2, 0.25) is 15.9 Å². The number of likely N-dealkylation sites (tertiary alicyclic amines) is 1. The summed E-state index contributed by atoms with van der Waals surface area (Å²) >= 11 is 0. The molecule has 0 atom stereocenters. The van der Waals surface area contributed by atoms with Crippen molar-refractivity contribution in [2.24, 2.45) is 5.92 Å². The van der Waals surface area contributed by atoms with Crippen molar-refractivity contribution >= 4 is 21.6 Å². The van der Waals surface area contributed by atoms with E-state index >= 15 is 0 Å². The van der Waals surface area contributed by atoms with Crippen molar-refractivity contribution in [3.05, 3.63) is 59.7 Å². The summed E-state index contributed by atoms with van der Waals surface area (Å²) in [6.45, 7) is 6.68. The standard InChI is InChI=1S/C23H31N3O3S/c1-18-16-22(25-19(2)27)8-9-23(18)30(28,29)24-17-21-11-14-26(15-12-21)13-10-20-6-4-3-5-7-20/h3-9,16,21,24H,10-15,17H2,1-2H3,(H,25,27). The summed E-state index contributed by atoms with van der Waals surface area (Å²) in [6.07, 6.45) is 3.04. The SMILES string of the molecule is CC(=O)Nc1ccc(S(=O)(=O)NCC2CCN(CCc3ccccc3)CC2)c(C)c1. The molecule has 1 aliphatic heterocycles. The average molecular weight is 430 g/mol. The predicted octanol–water partition coefficient (Wildman–Crippen LogP) is 3.19. The molecule has 0 aliphatic carbocycles. The maximum Gasteiger partial charge on any atom is 0.240 e. The Balaban J connectivity index is 1.47. The fraction of sp³-hybridized carbons (Fsp3) is 0.435. The van der Waals surface area contributed by atoms with Gasteiger partial charge in [0.25, 0.3) is 0 Å². The van der Waals surface area contributed by atoms with Crippen LogP contribution in [-0.4, -0.2) is 45.4 Å². The molecule has 1 fully saturated rings. The molecule has 1 heterocycles. The summed E-state index contributed by atoms with van der Waals surface area (Å²) in [5.41, 5.74) is 2.57. The van der Waals surface area contributed by atoms with E-state index < -0.39 is 10.0 Å². The smallest absolute Gasteiger partial charge is 0.240 e. The number of rotatable bonds is 8. The maximum absolute atomic E-state index is 12.7. The Hall–Kier alpha value is -2.22. The Bertz CT molecular complexity index is 953. The van der Waals surface area contributed by atoms with E-state index in [9.17, 15) is 13.2 Å². The van der Waals surface area contributed by atoms with Crippen LogP contribution in [0.3, 0.4) is 0 Å². The summed E-state index contributed by atoms with van der Waals surface area (Å²) < 4.78 is 28.3. The van der Waals surface area contributed by atoms with E-state index in [2.05, 4.69) is 39.2 Å². The molecule has 1 saturated heterocycles. The molecular formula is C23H31N3O3S. The van der Waals surface area contributed by atoms with Crippen LogP contribution in [0.4, 0.5) is 5.69 Å². The first-order chi connectivity index (χ1) is 14.3. The highest BCUT2D eigenvalue weighted by Gasteiger charge is 2.23. The molecule has 0 bridgehead atoms. The first kappa shape index (κ1) is 22.5. The average Bonchev–Trinajstić information content (AvgIpc) is 2.72. The molecule has 1 aliphatic rings. The molecule has 7 heteroatoms. The van der Waals surface area contributed by atoms with Crippen molar-refractivity contribution in [3.63, 3.8) is 0 Å². The Kier molecular flexibility index (Phi) is 7.64. The molecule has 0 radical (unpaired) electrons. The van der Waals surface area contributed by atoms with E-state index in [1.165, 1.54) is 12.5 Å². The number of hydrogen-bond acceptors (Lipinski definition) is 4. The minimum atomic E-state index is -3.57. The van der Waals surface area contributed by atoms with Gasteiger partial charge in [0.15, 0.2) is 0 Å². The quantitative estimate of drug-likeness (QED) is 0.676. The summed E-state index contributed by atoms with van der Waals surface area (Å²) in [5, 5.41) is 2.67. The number of benzene rings is 2. The first-order valence-corrected chi connectivity index (χ1v) is 12.0. The number of hydrogen-bond donors (Lipinski definition) is 2. The zero-order chi connectivity index (χ0) is 21.6. The zero-order valence-corrected chi connectivity index (χ0v) is 18.5. The monoisotopic (exact) mass is 429 g/mol. The molecule has 2 aromatic rings. The second-order valence-electron chi connectivity index (χ2n) is 8.03. The summed E-state index contributed by atoms with van der Waals surface area (Å²) in [4.78, 5) is 13.9. The zero-order valence-electron chi connectivity index (χ0n) is 17.7. The number of nitrogens with one attached hydrogen (secondary N) is 2. The Morgan fingerprint density at radius 3 is 2.43 bits per heavy atom. The number of carbonyl (C=O) groups excluding carboxylic acids is 1. The second kappa shape index (κ2) is 10.2. The van der Waals surface area contributed by atoms with Crippen molar-refractivity contribution in [2.45, 2.75) is 38.0 Å². The van der Waals surface area contributed by atoms with Crippen LogP contribution in [0.5, 0.6) is 0 Å². The van der Waals surface area contributed by atoms with Gasteiger partial charge in [-0.25, -0.2) is 13.1 Å². The summed E-state index contributed by atoms with van der Waals surface area (Å²) in [5.74, 6) is 0.171. The molecule has 6 nitrogen and oxygen atoms in total. The number of nitrogens with zero attached hydrogens (tertiary/aromatic N) is 1. The van der Waals surface area contributed by atoms with Crippen molar-refractivity contribution in [2.75, 3.05) is 31.5 Å². The number of piperidine rings is 1. The molecule has 1 amide bonds. The van der Waals surface area contributed by atoms with Crippen molar-refractivity contribution in [1.82, 2.24) is 9.62 Å². The lowest BCUT2D eigenvalue weighted by Crippen LogP contribution is -2.39. The van der Waals surface area contributed by atoms with Gasteiger partial charge in [-0.15, -0.1) is 0 Å². The lowest BCUT2D eigenvalue weighted by molar-refractivity contribution is -0.114. The third-order valence-corrected chi connectivity index (χ3v) is 7.20. The number of aryl methyl sites for hydroxylation is 1. The normalized spacial score (nSPS) is 15.8. The van der Waals surface area contributed by atoms with Gasteiger partial charge in [0.1, 0.15) is 0 Å². The molecule has 0 saturated carbocycles. The largest absolute Gasteiger partial charge is 0.326 e. The first-order valence-electron chi connectivity index (χ1n) is 10.5. The summed E-state index contributed by atoms with van der Waals surface area (Å²) in [7, 11) is -3.57. The van der Waals surface area contributed by atoms with Crippen LogP contribution in [0.25, 0.3) is 0 Å². The third-order valence-electron chi connectivity index (χ3n) is 5.61. The molecule has 0 spiro atoms. The summed E-state index contributed by atoms with van der Waals surface area (Å²) in [6, 6.07) is 15.4. The van der Waals surface area contributed by atoms with Gasteiger partial charge in [-0.3, -0.25) is 4.79 Å². The van der Waals surface area contributed by atoms with Crippen molar-refractivity contribution < 1.29 is 13.2 Å². The lowest BCUT2D eigenvalue weighted by Gasteiger charge is -2.32. The van der Waals surface area contributed by atoms with E-state index in [-0.39, 0.29) is 10.8 Å². The van der Waals surface area contributed by atoms with Crippen LogP contribution in [-0.2, 0) is 21.2 Å². The number of anilines is 1. The van der Waals surface area contributed by atoms with Gasteiger partial charge >= 0.3 is 0 Å². The van der Waals surface area contributed by atoms with Gasteiger partial charge < -0.3 is 10.2 Å². The molecule has 30 heavy (non-hydrogen) atoms.